The zero-order valence-corrected chi connectivity index (χ0v) is 19.2. The minimum atomic E-state index is -0.803. The average molecular weight is 453 g/mol. The number of fused-ring (bicyclic) bond motifs is 2. The molecule has 0 amide bonds. The number of methoxy groups -OCH3 is 2. The van der Waals surface area contributed by atoms with Gasteiger partial charge in [0.1, 0.15) is 29.6 Å². The predicted molar refractivity (Wildman–Crippen MR) is 122 cm³/mol. The Kier molecular flexibility index (Phi) is 5.41. The molecule has 8 heteroatoms. The Morgan fingerprint density at radius 1 is 1.03 bits per heavy atom. The number of nitrogens with zero attached hydrogens (tertiary/aromatic N) is 1. The van der Waals surface area contributed by atoms with Crippen molar-refractivity contribution in [2.45, 2.75) is 44.2 Å². The molecular formula is C25H27NO7. The summed E-state index contributed by atoms with van der Waals surface area (Å²) in [7, 11) is 4.98. The summed E-state index contributed by atoms with van der Waals surface area (Å²) < 4.78 is 35.6. The van der Waals surface area contributed by atoms with Gasteiger partial charge in [0.25, 0.3) is 0 Å². The summed E-state index contributed by atoms with van der Waals surface area (Å²) in [6.45, 7) is 3.64. The van der Waals surface area contributed by atoms with Gasteiger partial charge in [-0.2, -0.15) is 0 Å². The maximum Gasteiger partial charge on any atom is 0.210 e. The van der Waals surface area contributed by atoms with Gasteiger partial charge in [-0.15, -0.1) is 0 Å². The van der Waals surface area contributed by atoms with Crippen LogP contribution in [0.1, 0.15) is 25.5 Å². The highest BCUT2D eigenvalue weighted by Gasteiger charge is 2.56. The maximum absolute atomic E-state index is 13.9. The van der Waals surface area contributed by atoms with Gasteiger partial charge in [-0.3, -0.25) is 4.79 Å². The van der Waals surface area contributed by atoms with E-state index in [1.165, 1.54) is 0 Å². The fourth-order valence-electron chi connectivity index (χ4n) is 4.54. The first kappa shape index (κ1) is 21.9. The lowest BCUT2D eigenvalue weighted by Gasteiger charge is -2.28. The quantitative estimate of drug-likeness (QED) is 0.571. The van der Waals surface area contributed by atoms with Crippen LogP contribution in [0.25, 0.3) is 11.0 Å². The SMILES string of the molecule is COc1ccc2oc(N(C)c3ccccc3)c(C3OC4OC(C)(C)OC4C3OC)c(=O)c2c1. The average Bonchev–Trinajstić information content (AvgIpc) is 3.29. The lowest BCUT2D eigenvalue weighted by Crippen LogP contribution is -2.35. The van der Waals surface area contributed by atoms with E-state index < -0.39 is 30.4 Å². The summed E-state index contributed by atoms with van der Waals surface area (Å²) in [6.07, 6.45) is -2.46. The standard InChI is InChI=1S/C25H27NO7/c1-25(2)32-22-21(29-5)20(31-24(22)33-25)18-19(27)16-13-15(28-4)11-12-17(16)30-23(18)26(3)14-9-7-6-8-10-14/h6-13,20-22,24H,1-5H3. The van der Waals surface area contributed by atoms with Gasteiger partial charge < -0.3 is 33.0 Å². The second-order valence-electron chi connectivity index (χ2n) is 8.63. The molecule has 33 heavy (non-hydrogen) atoms. The van der Waals surface area contributed by atoms with Crippen LogP contribution in [0.15, 0.2) is 57.7 Å². The number of rotatable bonds is 5. The van der Waals surface area contributed by atoms with Crippen LogP contribution >= 0.6 is 0 Å². The van der Waals surface area contributed by atoms with Crippen LogP contribution in [0.4, 0.5) is 11.6 Å². The van der Waals surface area contributed by atoms with Gasteiger partial charge in [0.15, 0.2) is 12.1 Å². The normalized spacial score (nSPS) is 25.8. The molecule has 174 valence electrons. The van der Waals surface area contributed by atoms with E-state index in [9.17, 15) is 4.79 Å². The first-order valence-corrected chi connectivity index (χ1v) is 10.8. The van der Waals surface area contributed by atoms with Crippen molar-refractivity contribution in [1.29, 1.82) is 0 Å². The molecule has 1 aromatic heterocycles. The highest BCUT2D eigenvalue weighted by Crippen LogP contribution is 2.46. The van der Waals surface area contributed by atoms with E-state index in [2.05, 4.69) is 0 Å². The van der Waals surface area contributed by atoms with Crippen LogP contribution in [0.5, 0.6) is 5.75 Å². The molecule has 0 radical (unpaired) electrons. The van der Waals surface area contributed by atoms with Gasteiger partial charge in [0, 0.05) is 19.8 Å². The van der Waals surface area contributed by atoms with Crippen LogP contribution in [0.2, 0.25) is 0 Å². The van der Waals surface area contributed by atoms with Crippen molar-refractivity contribution in [2.24, 2.45) is 0 Å². The van der Waals surface area contributed by atoms with E-state index >= 15 is 0 Å². The lowest BCUT2D eigenvalue weighted by atomic mass is 10.0. The third-order valence-electron chi connectivity index (χ3n) is 6.11. The van der Waals surface area contributed by atoms with Gasteiger partial charge in [-0.05, 0) is 44.2 Å². The Labute approximate surface area is 191 Å². The molecule has 2 fully saturated rings. The van der Waals surface area contributed by atoms with Gasteiger partial charge in [0.2, 0.25) is 11.3 Å². The molecule has 2 saturated heterocycles. The highest BCUT2D eigenvalue weighted by atomic mass is 16.8. The molecule has 5 rings (SSSR count). The second kappa shape index (κ2) is 8.14. The summed E-state index contributed by atoms with van der Waals surface area (Å²) in [5.74, 6) is 0.128. The number of anilines is 2. The third-order valence-corrected chi connectivity index (χ3v) is 6.11. The Morgan fingerprint density at radius 3 is 2.48 bits per heavy atom. The number of para-hydroxylation sites is 1. The van der Waals surface area contributed by atoms with Crippen LogP contribution in [0, 0.1) is 0 Å². The molecule has 4 atom stereocenters. The van der Waals surface area contributed by atoms with Gasteiger partial charge in [-0.1, -0.05) is 18.2 Å². The summed E-state index contributed by atoms with van der Waals surface area (Å²) in [5, 5.41) is 0.396. The zero-order valence-electron chi connectivity index (χ0n) is 19.2. The number of hydrogen-bond acceptors (Lipinski definition) is 8. The smallest absolute Gasteiger partial charge is 0.210 e. The molecule has 0 N–H and O–H groups in total. The molecule has 2 aliphatic rings. The fourth-order valence-corrected chi connectivity index (χ4v) is 4.54. The first-order valence-electron chi connectivity index (χ1n) is 10.8. The van der Waals surface area contributed by atoms with Crippen molar-refractivity contribution in [2.75, 3.05) is 26.2 Å². The van der Waals surface area contributed by atoms with Crippen molar-refractivity contribution in [1.82, 2.24) is 0 Å². The van der Waals surface area contributed by atoms with Gasteiger partial charge in [0.05, 0.1) is 18.1 Å². The molecule has 0 saturated carbocycles. The zero-order chi connectivity index (χ0) is 23.3. The third kappa shape index (κ3) is 3.69. The van der Waals surface area contributed by atoms with Crippen LogP contribution < -0.4 is 15.1 Å². The molecule has 2 aliphatic heterocycles. The Bertz CT molecular complexity index is 1220. The Morgan fingerprint density at radius 2 is 1.79 bits per heavy atom. The van der Waals surface area contributed by atoms with Crippen molar-refractivity contribution in [3.63, 3.8) is 0 Å². The van der Waals surface area contributed by atoms with E-state index in [0.717, 1.165) is 5.69 Å². The first-order chi connectivity index (χ1) is 15.8. The van der Waals surface area contributed by atoms with Crippen molar-refractivity contribution in [3.05, 3.63) is 64.3 Å². The van der Waals surface area contributed by atoms with E-state index in [0.29, 0.717) is 28.2 Å². The number of hydrogen-bond donors (Lipinski definition) is 0. The number of benzene rings is 2. The summed E-state index contributed by atoms with van der Waals surface area (Å²) >= 11 is 0. The van der Waals surface area contributed by atoms with Crippen molar-refractivity contribution < 1.29 is 28.1 Å². The summed E-state index contributed by atoms with van der Waals surface area (Å²) in [4.78, 5) is 15.7. The Balaban J connectivity index is 1.69. The van der Waals surface area contributed by atoms with Gasteiger partial charge in [-0.25, -0.2) is 0 Å². The minimum absolute atomic E-state index is 0.223. The molecule has 8 nitrogen and oxygen atoms in total. The van der Waals surface area contributed by atoms with Crippen LogP contribution in [-0.2, 0) is 18.9 Å². The fraction of sp³-hybridized carbons (Fsp3) is 0.400. The highest BCUT2D eigenvalue weighted by molar-refractivity contribution is 5.81. The van der Waals surface area contributed by atoms with Crippen LogP contribution in [0.3, 0.4) is 0 Å². The van der Waals surface area contributed by atoms with Crippen LogP contribution in [-0.4, -0.2) is 45.6 Å². The number of ether oxygens (including phenoxy) is 5. The van der Waals surface area contributed by atoms with Crippen molar-refractivity contribution >= 4 is 22.5 Å². The largest absolute Gasteiger partial charge is 0.497 e. The lowest BCUT2D eigenvalue weighted by molar-refractivity contribution is -0.217. The van der Waals surface area contributed by atoms with Crippen molar-refractivity contribution in [3.8, 4) is 5.75 Å². The van der Waals surface area contributed by atoms with E-state index in [1.54, 1.807) is 32.4 Å². The summed E-state index contributed by atoms with van der Waals surface area (Å²) in [5.41, 5.74) is 1.42. The molecule has 2 aromatic carbocycles. The van der Waals surface area contributed by atoms with E-state index in [-0.39, 0.29) is 5.43 Å². The van der Waals surface area contributed by atoms with E-state index in [4.69, 9.17) is 28.1 Å². The second-order valence-corrected chi connectivity index (χ2v) is 8.63. The van der Waals surface area contributed by atoms with Gasteiger partial charge >= 0.3 is 0 Å². The molecule has 0 spiro atoms. The molecule has 3 heterocycles. The maximum atomic E-state index is 13.9. The molecule has 0 bridgehead atoms. The minimum Gasteiger partial charge on any atom is -0.497 e. The summed E-state index contributed by atoms with van der Waals surface area (Å²) in [6, 6.07) is 14.8. The molecule has 3 aromatic rings. The molecule has 0 aliphatic carbocycles. The predicted octanol–water partition coefficient (Wildman–Crippen LogP) is 4.13. The Hall–Kier alpha value is -2.91. The topological polar surface area (TPSA) is 79.6 Å². The monoisotopic (exact) mass is 453 g/mol. The molecule has 4 unspecified atom stereocenters. The molecular weight excluding hydrogens is 426 g/mol. The van der Waals surface area contributed by atoms with E-state index in [1.807, 2.05) is 56.1 Å².